The molecule has 0 aromatic rings. The average molecular weight is 981 g/mol. The largest absolute Gasteiger partial charge is 0.472 e. The Labute approximate surface area is 421 Å². The zero-order chi connectivity index (χ0) is 49.9. The van der Waals surface area contributed by atoms with E-state index in [0.29, 0.717) is 17.4 Å². The molecular weight excluding hydrogens is 870 g/mol. The molecule has 1 N–H and O–H groups in total. The molecule has 400 valence electrons. The van der Waals surface area contributed by atoms with E-state index in [2.05, 4.69) is 50.3 Å². The molecule has 0 aromatic heterocycles. The fourth-order valence-electron chi connectivity index (χ4n) is 8.27. The predicted molar refractivity (Wildman–Crippen MR) is 289 cm³/mol. The second-order valence-corrected chi connectivity index (χ2v) is 22.1. The average Bonchev–Trinajstić information content (AvgIpc) is 3.30. The van der Waals surface area contributed by atoms with Gasteiger partial charge in [0.15, 0.2) is 6.10 Å². The lowest BCUT2D eigenvalue weighted by molar-refractivity contribution is -0.870. The van der Waals surface area contributed by atoms with Gasteiger partial charge in [-0.25, -0.2) is 4.57 Å². The third-order valence-electron chi connectivity index (χ3n) is 12.7. The van der Waals surface area contributed by atoms with Crippen molar-refractivity contribution >= 4 is 19.8 Å². The number of hydrogen-bond donors (Lipinski definition) is 1. The number of unbranched alkanes of at least 4 members (excludes halogenated alkanes) is 33. The van der Waals surface area contributed by atoms with Gasteiger partial charge in [-0.1, -0.05) is 249 Å². The van der Waals surface area contributed by atoms with Crippen LogP contribution in [0.3, 0.4) is 0 Å². The van der Waals surface area contributed by atoms with Crippen LogP contribution in [0.1, 0.15) is 271 Å². The van der Waals surface area contributed by atoms with E-state index in [1.165, 1.54) is 167 Å². The van der Waals surface area contributed by atoms with Crippen molar-refractivity contribution in [1.29, 1.82) is 0 Å². The summed E-state index contributed by atoms with van der Waals surface area (Å²) in [5, 5.41) is 0. The molecule has 0 saturated heterocycles. The van der Waals surface area contributed by atoms with Crippen LogP contribution >= 0.6 is 7.82 Å². The van der Waals surface area contributed by atoms with Crippen LogP contribution in [0.2, 0.25) is 0 Å². The van der Waals surface area contributed by atoms with Crippen LogP contribution in [0.15, 0.2) is 36.5 Å². The Balaban J connectivity index is 4.04. The first-order valence-corrected chi connectivity index (χ1v) is 30.2. The molecule has 0 spiro atoms. The summed E-state index contributed by atoms with van der Waals surface area (Å²) in [5.41, 5.74) is 0. The van der Waals surface area contributed by atoms with E-state index in [1.54, 1.807) is 0 Å². The molecule has 9 nitrogen and oxygen atoms in total. The first-order valence-electron chi connectivity index (χ1n) is 28.7. The second kappa shape index (κ2) is 50.2. The summed E-state index contributed by atoms with van der Waals surface area (Å²) in [7, 11) is 1.47. The Hall–Kier alpha value is -1.77. The number of esters is 2. The van der Waals surface area contributed by atoms with Crippen molar-refractivity contribution in [3.8, 4) is 0 Å². The molecule has 68 heavy (non-hydrogen) atoms. The quantitative estimate of drug-likeness (QED) is 0.0211. The Morgan fingerprint density at radius 1 is 0.471 bits per heavy atom. The predicted octanol–water partition coefficient (Wildman–Crippen LogP) is 17.6. The Kier molecular flexibility index (Phi) is 48.9. The number of allylic oxidation sites excluding steroid dienone is 6. The van der Waals surface area contributed by atoms with E-state index in [-0.39, 0.29) is 32.0 Å². The van der Waals surface area contributed by atoms with Crippen molar-refractivity contribution in [2.45, 2.75) is 277 Å². The standard InChI is InChI=1S/C58H110NO8P/c1-6-8-10-12-14-16-18-20-22-23-24-25-26-27-28-29-30-31-32-33-34-35-37-38-40-42-44-46-48-50-57(60)64-54-56(55-66-68(62,63)65-53-52-59(3,4)5)67-58(61)51-49-47-45-43-41-39-36-21-19-17-15-13-11-9-7-2/h9,11,15,17,21,36,56H,6-8,10,12-14,16,18-20,22-35,37-55H2,1-5H3/p+1/b11-9-,17-15-,36-21-. The summed E-state index contributed by atoms with van der Waals surface area (Å²) in [5.74, 6) is -0.806. The molecular formula is C58H111NO8P+. The molecule has 0 saturated carbocycles. The van der Waals surface area contributed by atoms with Gasteiger partial charge in [-0.15, -0.1) is 0 Å². The molecule has 2 atom stereocenters. The van der Waals surface area contributed by atoms with Gasteiger partial charge in [-0.3, -0.25) is 18.6 Å². The highest BCUT2D eigenvalue weighted by atomic mass is 31.2. The van der Waals surface area contributed by atoms with Gasteiger partial charge in [0.2, 0.25) is 0 Å². The summed E-state index contributed by atoms with van der Waals surface area (Å²) in [4.78, 5) is 35.6. The van der Waals surface area contributed by atoms with Gasteiger partial charge in [-0.2, -0.15) is 0 Å². The van der Waals surface area contributed by atoms with E-state index in [9.17, 15) is 19.0 Å². The zero-order valence-electron chi connectivity index (χ0n) is 45.4. The van der Waals surface area contributed by atoms with Gasteiger partial charge in [0.1, 0.15) is 19.8 Å². The topological polar surface area (TPSA) is 108 Å². The fraction of sp³-hybridized carbons (Fsp3) is 0.862. The van der Waals surface area contributed by atoms with E-state index in [0.717, 1.165) is 70.6 Å². The maximum Gasteiger partial charge on any atom is 0.472 e. The minimum atomic E-state index is -4.39. The number of carbonyl (C=O) groups is 2. The highest BCUT2D eigenvalue weighted by molar-refractivity contribution is 7.47. The summed E-state index contributed by atoms with van der Waals surface area (Å²) < 4.78 is 34.5. The molecule has 10 heteroatoms. The van der Waals surface area contributed by atoms with Crippen molar-refractivity contribution in [2.75, 3.05) is 47.5 Å². The van der Waals surface area contributed by atoms with Crippen LogP contribution in [0.5, 0.6) is 0 Å². The minimum absolute atomic E-state index is 0.0290. The van der Waals surface area contributed by atoms with Gasteiger partial charge in [0.05, 0.1) is 27.7 Å². The number of likely N-dealkylation sites (N-methyl/N-ethyl adjacent to an activating group) is 1. The van der Waals surface area contributed by atoms with E-state index >= 15 is 0 Å². The Morgan fingerprint density at radius 2 is 0.838 bits per heavy atom. The number of ether oxygens (including phenoxy) is 2. The normalized spacial score (nSPS) is 13.6. The fourth-order valence-corrected chi connectivity index (χ4v) is 9.01. The number of phosphoric acid groups is 1. The number of quaternary nitrogens is 1. The van der Waals surface area contributed by atoms with Gasteiger partial charge >= 0.3 is 19.8 Å². The van der Waals surface area contributed by atoms with Gasteiger partial charge in [0.25, 0.3) is 0 Å². The number of rotatable bonds is 53. The maximum absolute atomic E-state index is 12.7. The second-order valence-electron chi connectivity index (χ2n) is 20.7. The van der Waals surface area contributed by atoms with E-state index in [1.807, 2.05) is 21.1 Å². The minimum Gasteiger partial charge on any atom is -0.462 e. The zero-order valence-corrected chi connectivity index (χ0v) is 46.2. The van der Waals surface area contributed by atoms with Crippen LogP contribution in [0.25, 0.3) is 0 Å². The molecule has 0 rings (SSSR count). The first kappa shape index (κ1) is 66.2. The number of hydrogen-bond acceptors (Lipinski definition) is 7. The summed E-state index contributed by atoms with van der Waals surface area (Å²) in [6, 6.07) is 0. The highest BCUT2D eigenvalue weighted by Crippen LogP contribution is 2.43. The molecule has 0 aliphatic rings. The molecule has 2 unspecified atom stereocenters. The Morgan fingerprint density at radius 3 is 1.25 bits per heavy atom. The first-order chi connectivity index (χ1) is 33.0. The van der Waals surface area contributed by atoms with E-state index < -0.39 is 26.5 Å². The highest BCUT2D eigenvalue weighted by Gasteiger charge is 2.27. The van der Waals surface area contributed by atoms with Gasteiger partial charge in [0, 0.05) is 12.8 Å². The van der Waals surface area contributed by atoms with Gasteiger partial charge < -0.3 is 18.9 Å². The van der Waals surface area contributed by atoms with Gasteiger partial charge in [-0.05, 0) is 44.9 Å². The molecule has 0 aliphatic heterocycles. The number of nitrogens with zero attached hydrogens (tertiary/aromatic N) is 1. The monoisotopic (exact) mass is 981 g/mol. The lowest BCUT2D eigenvalue weighted by atomic mass is 10.0. The molecule has 0 bridgehead atoms. The summed E-state index contributed by atoms with van der Waals surface area (Å²) in [6.45, 7) is 4.33. The van der Waals surface area contributed by atoms with Crippen molar-refractivity contribution in [2.24, 2.45) is 0 Å². The van der Waals surface area contributed by atoms with Crippen molar-refractivity contribution in [3.63, 3.8) is 0 Å². The molecule has 0 aromatic carbocycles. The van der Waals surface area contributed by atoms with Crippen molar-refractivity contribution in [3.05, 3.63) is 36.5 Å². The molecule has 0 fully saturated rings. The lowest BCUT2D eigenvalue weighted by Gasteiger charge is -2.24. The van der Waals surface area contributed by atoms with Crippen LogP contribution in [-0.4, -0.2) is 74.9 Å². The third kappa shape index (κ3) is 53.6. The Bertz CT molecular complexity index is 1250. The molecule has 0 amide bonds. The lowest BCUT2D eigenvalue weighted by Crippen LogP contribution is -2.37. The van der Waals surface area contributed by atoms with Crippen LogP contribution in [-0.2, 0) is 32.7 Å². The summed E-state index contributed by atoms with van der Waals surface area (Å²) in [6.07, 6.45) is 60.9. The van der Waals surface area contributed by atoms with E-state index in [4.69, 9.17) is 18.5 Å². The molecule has 0 aliphatic carbocycles. The third-order valence-corrected chi connectivity index (χ3v) is 13.7. The summed E-state index contributed by atoms with van der Waals surface area (Å²) >= 11 is 0. The van der Waals surface area contributed by atoms with Crippen molar-refractivity contribution < 1.29 is 42.1 Å². The van der Waals surface area contributed by atoms with Crippen LogP contribution in [0, 0.1) is 0 Å². The molecule has 0 heterocycles. The maximum atomic E-state index is 12.7. The van der Waals surface area contributed by atoms with Crippen LogP contribution < -0.4 is 0 Å². The van der Waals surface area contributed by atoms with Crippen LogP contribution in [0.4, 0.5) is 0 Å². The number of phosphoric ester groups is 1. The number of carbonyl (C=O) groups excluding carboxylic acids is 2. The molecule has 0 radical (unpaired) electrons. The SMILES string of the molecule is CC/C=C\C/C=C\C/C=C\CCCCCCCC(=O)OC(COC(=O)CCCCCCCCCCCCCCCCCCCCCCCCCCCCCCC)COP(=O)(O)OCC[N+](C)(C)C. The smallest absolute Gasteiger partial charge is 0.462 e. The van der Waals surface area contributed by atoms with Crippen molar-refractivity contribution in [1.82, 2.24) is 0 Å².